The summed E-state index contributed by atoms with van der Waals surface area (Å²) in [6.45, 7) is 0. The van der Waals surface area contributed by atoms with Crippen molar-refractivity contribution in [1.29, 1.82) is 0 Å². The Balaban J connectivity index is 1.30. The van der Waals surface area contributed by atoms with Gasteiger partial charge in [-0.2, -0.15) is 0 Å². The van der Waals surface area contributed by atoms with Crippen molar-refractivity contribution in [2.75, 3.05) is 0 Å². The lowest BCUT2D eigenvalue weighted by molar-refractivity contribution is 0.747. The van der Waals surface area contributed by atoms with Gasteiger partial charge in [0.2, 0.25) is 0 Å². The zero-order chi connectivity index (χ0) is 63.7. The van der Waals surface area contributed by atoms with Crippen molar-refractivity contribution in [3.63, 3.8) is 0 Å². The van der Waals surface area contributed by atoms with Crippen LogP contribution < -0.4 is 147 Å². The Bertz CT molecular complexity index is 5140. The molecule has 0 saturated heterocycles. The summed E-state index contributed by atoms with van der Waals surface area (Å²) in [6, 6.07) is 0. The van der Waals surface area contributed by atoms with Crippen LogP contribution in [0.4, 0.5) is 0 Å². The number of hydrogen-bond donors (Lipinski definition) is 0. The van der Waals surface area contributed by atoms with Gasteiger partial charge in [0, 0.05) is 0 Å². The maximum Gasteiger partial charge on any atom is 0.115 e. The molecular weight excluding hydrogens is 1010 g/mol. The third kappa shape index (κ3) is 6.95. The van der Waals surface area contributed by atoms with Crippen molar-refractivity contribution in [2.45, 2.75) is 17.0 Å². The quantitative estimate of drug-likeness (QED) is 0.122. The molecule has 0 heterocycles. The lowest BCUT2D eigenvalue weighted by Crippen LogP contribution is -2.61. The number of hydrogen-bond acceptors (Lipinski definition) is 0. The van der Waals surface area contributed by atoms with E-state index >= 15 is 0 Å². The number of allylic oxidation sites excluding steroid dienone is 4. The maximum atomic E-state index is 7.96. The fourth-order valence-corrected chi connectivity index (χ4v) is 14.8. The highest BCUT2D eigenvalue weighted by molar-refractivity contribution is 6.77. The topological polar surface area (TPSA) is 0 Å². The van der Waals surface area contributed by atoms with E-state index in [2.05, 4.69) is 0 Å². The van der Waals surface area contributed by atoms with Crippen molar-refractivity contribution >= 4 is 452 Å². The molecule has 0 spiro atoms. The van der Waals surface area contributed by atoms with Crippen molar-refractivity contribution < 1.29 is 0 Å². The van der Waals surface area contributed by atoms with E-state index in [1.807, 2.05) is 0 Å². The predicted octanol–water partition coefficient (Wildman–Crippen LogP) is -20.5. The molecule has 87 heavy (non-hydrogen) atoms. The molecule has 10 aromatic carbocycles. The van der Waals surface area contributed by atoms with Gasteiger partial charge >= 0.3 is 0 Å². The molecule has 3 aliphatic carbocycles. The summed E-state index contributed by atoms with van der Waals surface area (Å²) >= 11 is 0. The standard InChI is InChI=1S/C55H2B32/c56-23-5-1-3-11(23)40(73)48(81)41(74)14(3)36(69)34(67)12(1)31(64)27(60)7(5)17-24(57)19-9(29(62)38(17)71)10-20(55(19,21-44(77)50(83)51(84)45(21)78)22-46(79)52(85)54(87)53(86)47(22)80)25(58)18(39(72)30(10)63)8-6-2-4-15(33(66)26(6)59)42(75)49(82)43(76)16(4)37(70)35(68)13(2)32(65)28(8)61/h23,44H. The van der Waals surface area contributed by atoms with Gasteiger partial charge in [-0.3, -0.25) is 0 Å². The third-order valence-corrected chi connectivity index (χ3v) is 18.8. The van der Waals surface area contributed by atoms with Gasteiger partial charge in [-0.25, -0.2) is 0 Å². The van der Waals surface area contributed by atoms with Crippen LogP contribution >= 0.6 is 0 Å². The fraction of sp³-hybridized carbons (Fsp3) is 0.0545. The van der Waals surface area contributed by atoms with Gasteiger partial charge in [-0.15, -0.1) is 60.1 Å². The lowest BCUT2D eigenvalue weighted by atomic mass is 9.47. The Labute approximate surface area is 548 Å². The zero-order valence-corrected chi connectivity index (χ0v) is 46.1. The predicted molar refractivity (Wildman–Crippen MR) is 402 cm³/mol. The molecule has 10 aromatic rings. The maximum absolute atomic E-state index is 7.96. The van der Waals surface area contributed by atoms with Gasteiger partial charge in [0.05, 0.1) is 21.1 Å². The molecule has 32 heteroatoms. The molecule has 3 aliphatic rings. The minimum Gasteiger partial charge on any atom is -0.127 e. The second kappa shape index (κ2) is 19.7. The molecule has 0 bridgehead atoms. The summed E-state index contributed by atoms with van der Waals surface area (Å²) < 4.78 is 0. The first-order valence-electron chi connectivity index (χ1n) is 26.2. The van der Waals surface area contributed by atoms with Gasteiger partial charge in [-0.1, -0.05) is 109 Å². The first-order chi connectivity index (χ1) is 40.6. The zero-order valence-electron chi connectivity index (χ0n) is 46.1. The summed E-state index contributed by atoms with van der Waals surface area (Å²) in [5.74, 6) is -2.73. The summed E-state index contributed by atoms with van der Waals surface area (Å²) in [4.78, 5) is 0. The monoisotopic (exact) mass is 1010 g/mol. The van der Waals surface area contributed by atoms with Crippen molar-refractivity contribution in [2.24, 2.45) is 0 Å². The van der Waals surface area contributed by atoms with Crippen LogP contribution in [0.25, 0.3) is 87.2 Å². The van der Waals surface area contributed by atoms with Crippen LogP contribution in [-0.2, 0) is 5.41 Å². The van der Waals surface area contributed by atoms with E-state index in [0.717, 1.165) is 0 Å². The van der Waals surface area contributed by atoms with E-state index < -0.39 is 17.0 Å². The average Bonchev–Trinajstić information content (AvgIpc) is 1.59. The second-order valence-corrected chi connectivity index (χ2v) is 22.5. The van der Waals surface area contributed by atoms with Crippen LogP contribution in [0, 0.1) is 0 Å². The molecule has 13 rings (SSSR count). The summed E-state index contributed by atoms with van der Waals surface area (Å²) in [5.41, 5.74) is -7.88. The van der Waals surface area contributed by atoms with Crippen LogP contribution in [0.1, 0.15) is 33.6 Å². The van der Waals surface area contributed by atoms with Crippen molar-refractivity contribution in [3.8, 4) is 33.4 Å². The summed E-state index contributed by atoms with van der Waals surface area (Å²) in [5, 5.41) is 2.06. The number of fused-ring (bicyclic) bond motifs is 3. The Kier molecular flexibility index (Phi) is 13.8. The van der Waals surface area contributed by atoms with E-state index in [4.69, 9.17) is 251 Å². The summed E-state index contributed by atoms with van der Waals surface area (Å²) in [6.07, 6.45) is 0. The molecule has 3 unspecified atom stereocenters. The number of benzene rings is 10. The van der Waals surface area contributed by atoms with Gasteiger partial charge in [-0.05, 0) is 127 Å². The Morgan fingerprint density at radius 1 is 0.184 bits per heavy atom. The van der Waals surface area contributed by atoms with Gasteiger partial charge in [0.15, 0.2) is 0 Å². The highest BCUT2D eigenvalue weighted by Gasteiger charge is 2.55. The van der Waals surface area contributed by atoms with E-state index in [1.54, 1.807) is 0 Å². The molecule has 64 radical (unpaired) electrons. The van der Waals surface area contributed by atoms with Crippen LogP contribution in [0.3, 0.4) is 0 Å². The van der Waals surface area contributed by atoms with Crippen LogP contribution in [0.15, 0.2) is 22.0 Å². The van der Waals surface area contributed by atoms with Crippen molar-refractivity contribution in [3.05, 3.63) is 49.8 Å². The number of rotatable bonds is 4. The highest BCUT2D eigenvalue weighted by atomic mass is 14.5. The average molecular weight is 1010 g/mol. The van der Waals surface area contributed by atoms with Gasteiger partial charge < -0.3 is 0 Å². The Morgan fingerprint density at radius 3 is 0.885 bits per heavy atom. The SMILES string of the molecule is [B]C1=C([B])C([B])C(C2(c3c([B])c([B])c([B])c([B])c3[B])c3c([B])c(-c4c([B])c([B])c5c([B])c([B])c6c([B])c([B])c([B])c7c6c5c4C7[B])c([B])c([B])c3-c3c([B])c([B])c(-c4c([B])c([B])c5c([B])c([B])c6c([B])c([B])c([B])c7c([B])c([B])c4c5c67)c([B])c32)=C1[B]. The normalized spacial score (nSPS) is 17.0. The molecule has 0 amide bonds. The molecule has 0 N–H and O–H groups in total. The minimum atomic E-state index is -2.46. The lowest BCUT2D eigenvalue weighted by Gasteiger charge is -2.45. The minimum absolute atomic E-state index is 0.0134. The van der Waals surface area contributed by atoms with Gasteiger partial charge in [0.1, 0.15) is 235 Å². The van der Waals surface area contributed by atoms with E-state index in [1.165, 1.54) is 0 Å². The first kappa shape index (κ1) is 61.2. The molecular formula is C55H2B32. The van der Waals surface area contributed by atoms with Crippen molar-refractivity contribution in [1.82, 2.24) is 0 Å². The Morgan fingerprint density at radius 2 is 0.471 bits per heavy atom. The van der Waals surface area contributed by atoms with Crippen LogP contribution in [0.5, 0.6) is 0 Å². The fourth-order valence-electron chi connectivity index (χ4n) is 14.8. The molecule has 0 aromatic heterocycles. The highest BCUT2D eigenvalue weighted by Crippen LogP contribution is 2.60. The van der Waals surface area contributed by atoms with E-state index in [0.29, 0.717) is 16.3 Å². The molecule has 318 valence electrons. The Hall–Kier alpha value is -4.68. The first-order valence-corrected chi connectivity index (χ1v) is 26.2. The molecule has 0 fully saturated rings. The third-order valence-electron chi connectivity index (χ3n) is 18.8. The molecule has 0 nitrogen and oxygen atoms in total. The van der Waals surface area contributed by atoms with E-state index in [-0.39, 0.29) is 268 Å². The van der Waals surface area contributed by atoms with Gasteiger partial charge in [0.25, 0.3) is 0 Å². The summed E-state index contributed by atoms with van der Waals surface area (Å²) in [7, 11) is 227. The van der Waals surface area contributed by atoms with E-state index in [9.17, 15) is 0 Å². The van der Waals surface area contributed by atoms with Crippen LogP contribution in [-0.4, -0.2) is 251 Å². The molecule has 0 aliphatic heterocycles. The molecule has 0 saturated carbocycles. The molecule has 3 atom stereocenters. The largest absolute Gasteiger partial charge is 0.127 e. The van der Waals surface area contributed by atoms with Crippen LogP contribution in [0.2, 0.25) is 5.82 Å². The second-order valence-electron chi connectivity index (χ2n) is 22.5. The smallest absolute Gasteiger partial charge is 0.115 e.